The summed E-state index contributed by atoms with van der Waals surface area (Å²) in [6.07, 6.45) is -0.635. The minimum atomic E-state index is -0.951. The van der Waals surface area contributed by atoms with Gasteiger partial charge in [0.1, 0.15) is 6.54 Å². The summed E-state index contributed by atoms with van der Waals surface area (Å²) in [6, 6.07) is 13.9. The maximum Gasteiger partial charge on any atom is 0.325 e. The van der Waals surface area contributed by atoms with E-state index in [0.29, 0.717) is 28.1 Å². The number of amides is 3. The average molecular weight is 480 g/mol. The summed E-state index contributed by atoms with van der Waals surface area (Å²) in [6.45, 7) is 0.246. The van der Waals surface area contributed by atoms with Crippen LogP contribution in [0, 0.1) is 0 Å². The molecule has 0 radical (unpaired) electrons. The van der Waals surface area contributed by atoms with Crippen LogP contribution in [0.2, 0.25) is 0 Å². The first kappa shape index (κ1) is 21.8. The number of aromatic nitrogens is 2. The lowest BCUT2D eigenvalue weighted by molar-refractivity contribution is -0.135. The average Bonchev–Trinajstić information content (AvgIpc) is 3.38. The Hall–Kier alpha value is -4.06. The fourth-order valence-electron chi connectivity index (χ4n) is 3.94. The molecule has 3 aromatic rings. The van der Waals surface area contributed by atoms with E-state index in [1.54, 1.807) is 25.2 Å². The number of amidine groups is 1. The van der Waals surface area contributed by atoms with E-state index in [2.05, 4.69) is 20.6 Å². The van der Waals surface area contributed by atoms with Gasteiger partial charge in [0.15, 0.2) is 22.5 Å². The zero-order valence-electron chi connectivity index (χ0n) is 18.1. The second-order valence-corrected chi connectivity index (χ2v) is 8.87. The summed E-state index contributed by atoms with van der Waals surface area (Å²) < 4.78 is 0. The fraction of sp³-hybridized carbons (Fsp3) is 0.227. The van der Waals surface area contributed by atoms with Crippen molar-refractivity contribution in [1.82, 2.24) is 25.1 Å². The zero-order chi connectivity index (χ0) is 23.8. The number of fused-ring (bicyclic) bond motifs is 2. The Kier molecular flexibility index (Phi) is 5.57. The molecule has 3 amide bonds. The SMILES string of the molecule is CN1C(=O)NC(=O)C2C1N=C(Sc1nc3ccc(NCC(=O)O)cc3[nH]1)N2Cc1ccccc1. The lowest BCUT2D eigenvalue weighted by atomic mass is 10.1. The van der Waals surface area contributed by atoms with Gasteiger partial charge in [0, 0.05) is 19.3 Å². The lowest BCUT2D eigenvalue weighted by Gasteiger charge is -2.36. The van der Waals surface area contributed by atoms with Gasteiger partial charge in [0.2, 0.25) is 0 Å². The van der Waals surface area contributed by atoms with Crippen molar-refractivity contribution in [2.24, 2.45) is 4.99 Å². The van der Waals surface area contributed by atoms with E-state index in [-0.39, 0.29) is 12.5 Å². The van der Waals surface area contributed by atoms with Gasteiger partial charge in [0.05, 0.1) is 11.0 Å². The molecule has 2 aliphatic rings. The molecule has 34 heavy (non-hydrogen) atoms. The Balaban J connectivity index is 1.44. The minimum Gasteiger partial charge on any atom is -0.480 e. The van der Waals surface area contributed by atoms with Crippen molar-refractivity contribution in [3.05, 3.63) is 54.1 Å². The van der Waals surface area contributed by atoms with E-state index in [1.807, 2.05) is 35.2 Å². The number of hydrogen-bond acceptors (Lipinski definition) is 8. The highest BCUT2D eigenvalue weighted by Gasteiger charge is 2.48. The maximum absolute atomic E-state index is 12.8. The van der Waals surface area contributed by atoms with E-state index in [1.165, 1.54) is 16.7 Å². The number of benzene rings is 2. The number of anilines is 1. The summed E-state index contributed by atoms with van der Waals surface area (Å²) in [5.74, 6) is -1.34. The van der Waals surface area contributed by atoms with Crippen molar-refractivity contribution < 1.29 is 19.5 Å². The molecular formula is C22H21N7O4S. The van der Waals surface area contributed by atoms with Gasteiger partial charge in [0.25, 0.3) is 5.91 Å². The van der Waals surface area contributed by atoms with E-state index in [9.17, 15) is 14.4 Å². The third kappa shape index (κ3) is 4.15. The Morgan fingerprint density at radius 3 is 2.76 bits per heavy atom. The number of imide groups is 1. The molecule has 5 rings (SSSR count). The third-order valence-electron chi connectivity index (χ3n) is 5.61. The smallest absolute Gasteiger partial charge is 0.325 e. The summed E-state index contributed by atoms with van der Waals surface area (Å²) in [5, 5.41) is 15.2. The maximum atomic E-state index is 12.8. The number of carbonyl (C=O) groups excluding carboxylic acids is 2. The second kappa shape index (κ2) is 8.71. The van der Waals surface area contributed by atoms with Crippen LogP contribution in [0.25, 0.3) is 11.0 Å². The first-order valence-corrected chi connectivity index (χ1v) is 11.3. The molecule has 2 unspecified atom stereocenters. The molecule has 12 heteroatoms. The van der Waals surface area contributed by atoms with Crippen LogP contribution in [-0.2, 0) is 16.1 Å². The molecule has 0 aliphatic carbocycles. The third-order valence-corrected chi connectivity index (χ3v) is 6.52. The van der Waals surface area contributed by atoms with Crippen LogP contribution in [-0.4, -0.2) is 73.7 Å². The molecule has 4 N–H and O–H groups in total. The molecule has 0 bridgehead atoms. The second-order valence-electron chi connectivity index (χ2n) is 7.91. The number of aliphatic imine (C=N–C) groups is 1. The number of carboxylic acids is 1. The molecule has 174 valence electrons. The predicted octanol–water partition coefficient (Wildman–Crippen LogP) is 1.90. The molecule has 0 saturated carbocycles. The van der Waals surface area contributed by atoms with Gasteiger partial charge in [-0.15, -0.1) is 0 Å². The number of nitrogens with zero attached hydrogens (tertiary/aromatic N) is 4. The van der Waals surface area contributed by atoms with Crippen LogP contribution < -0.4 is 10.6 Å². The van der Waals surface area contributed by atoms with Crippen molar-refractivity contribution in [3.8, 4) is 0 Å². The molecule has 2 atom stereocenters. The van der Waals surface area contributed by atoms with E-state index in [0.717, 1.165) is 11.1 Å². The number of carbonyl (C=O) groups is 3. The Labute approximate surface area is 198 Å². The molecule has 11 nitrogen and oxygen atoms in total. The highest BCUT2D eigenvalue weighted by Crippen LogP contribution is 2.33. The van der Waals surface area contributed by atoms with Gasteiger partial charge in [-0.05, 0) is 35.5 Å². The van der Waals surface area contributed by atoms with E-state index in [4.69, 9.17) is 10.1 Å². The molecule has 1 saturated heterocycles. The van der Waals surface area contributed by atoms with Crippen molar-refractivity contribution in [2.45, 2.75) is 23.9 Å². The topological polar surface area (TPSA) is 143 Å². The molecule has 1 fully saturated rings. The quantitative estimate of drug-likeness (QED) is 0.420. The lowest BCUT2D eigenvalue weighted by Crippen LogP contribution is -2.63. The highest BCUT2D eigenvalue weighted by molar-refractivity contribution is 8.13. The molecule has 0 spiro atoms. The first-order valence-electron chi connectivity index (χ1n) is 10.5. The number of thioether (sulfide) groups is 1. The zero-order valence-corrected chi connectivity index (χ0v) is 18.9. The van der Waals surface area contributed by atoms with Gasteiger partial charge in [-0.3, -0.25) is 14.9 Å². The Morgan fingerprint density at radius 2 is 2.00 bits per heavy atom. The standard InChI is InChI=1S/C22H21N7O4S/c1-28-18-17(19(32)27-21(28)33)29(11-12-5-3-2-4-6-12)22(26-18)34-20-24-14-8-7-13(9-15(14)25-20)23-10-16(30)31/h2-9,17-18,23H,10-11H2,1H3,(H,24,25)(H,30,31)(H,27,32,33). The van der Waals surface area contributed by atoms with Gasteiger partial charge in [-0.2, -0.15) is 0 Å². The van der Waals surface area contributed by atoms with Crippen LogP contribution in [0.5, 0.6) is 0 Å². The van der Waals surface area contributed by atoms with E-state index >= 15 is 0 Å². The van der Waals surface area contributed by atoms with Gasteiger partial charge in [-0.1, -0.05) is 30.3 Å². The van der Waals surface area contributed by atoms with Crippen LogP contribution in [0.4, 0.5) is 10.5 Å². The number of nitrogens with one attached hydrogen (secondary N) is 3. The summed E-state index contributed by atoms with van der Waals surface area (Å²) in [7, 11) is 1.62. The molecule has 2 aliphatic heterocycles. The summed E-state index contributed by atoms with van der Waals surface area (Å²) in [5.41, 5.74) is 3.09. The molecule has 1 aromatic heterocycles. The van der Waals surface area contributed by atoms with E-state index < -0.39 is 24.2 Å². The van der Waals surface area contributed by atoms with Gasteiger partial charge < -0.3 is 25.2 Å². The van der Waals surface area contributed by atoms with Crippen LogP contribution >= 0.6 is 11.8 Å². The summed E-state index contributed by atoms with van der Waals surface area (Å²) in [4.78, 5) is 51.6. The van der Waals surface area contributed by atoms with Crippen molar-refractivity contribution in [3.63, 3.8) is 0 Å². The fourth-order valence-corrected chi connectivity index (χ4v) is 4.87. The number of aromatic amines is 1. The number of imidazole rings is 1. The largest absolute Gasteiger partial charge is 0.480 e. The van der Waals surface area contributed by atoms with Gasteiger partial charge >= 0.3 is 12.0 Å². The highest BCUT2D eigenvalue weighted by atomic mass is 32.2. The molecular weight excluding hydrogens is 458 g/mol. The number of likely N-dealkylation sites (N-methyl/N-ethyl adjacent to an activating group) is 1. The number of urea groups is 1. The number of aliphatic carboxylic acids is 1. The number of hydrogen-bond donors (Lipinski definition) is 4. The van der Waals surface area contributed by atoms with Crippen molar-refractivity contribution in [1.29, 1.82) is 0 Å². The number of rotatable bonds is 6. The number of H-pyrrole nitrogens is 1. The monoisotopic (exact) mass is 479 g/mol. The first-order chi connectivity index (χ1) is 16.4. The predicted molar refractivity (Wildman–Crippen MR) is 126 cm³/mol. The summed E-state index contributed by atoms with van der Waals surface area (Å²) >= 11 is 1.28. The molecule has 2 aromatic carbocycles. The normalized spacial score (nSPS) is 19.7. The number of carboxylic acid groups (broad SMARTS) is 1. The van der Waals surface area contributed by atoms with Crippen LogP contribution in [0.15, 0.2) is 58.7 Å². The minimum absolute atomic E-state index is 0.191. The van der Waals surface area contributed by atoms with Crippen LogP contribution in [0.1, 0.15) is 5.56 Å². The Morgan fingerprint density at radius 1 is 1.21 bits per heavy atom. The van der Waals surface area contributed by atoms with Crippen molar-refractivity contribution >= 4 is 51.6 Å². The Bertz CT molecular complexity index is 1310. The van der Waals surface area contributed by atoms with Crippen LogP contribution in [0.3, 0.4) is 0 Å². The van der Waals surface area contributed by atoms with Gasteiger partial charge in [-0.25, -0.2) is 14.8 Å². The molecule has 3 heterocycles. The van der Waals surface area contributed by atoms with Crippen molar-refractivity contribution in [2.75, 3.05) is 18.9 Å².